The standard InChI is InChI=1S/C14H17F2N3S/c1-8(2)13-14(20-19-18-13)12(17-3)6-9-4-10(15)7-11(16)5-9/h4-5,7-8,12,17H,6H2,1-3H3. The normalized spacial score (nSPS) is 12.9. The lowest BCUT2D eigenvalue weighted by Crippen LogP contribution is -2.19. The summed E-state index contributed by atoms with van der Waals surface area (Å²) in [5, 5.41) is 7.31. The molecular weight excluding hydrogens is 280 g/mol. The molecule has 2 aromatic rings. The van der Waals surface area contributed by atoms with Crippen molar-refractivity contribution in [1.29, 1.82) is 0 Å². The summed E-state index contributed by atoms with van der Waals surface area (Å²) in [4.78, 5) is 1.02. The van der Waals surface area contributed by atoms with Gasteiger partial charge in [0.05, 0.1) is 10.6 Å². The van der Waals surface area contributed by atoms with Crippen LogP contribution in [-0.4, -0.2) is 16.6 Å². The van der Waals surface area contributed by atoms with E-state index in [1.54, 1.807) is 0 Å². The molecule has 0 amide bonds. The van der Waals surface area contributed by atoms with E-state index in [1.807, 2.05) is 7.05 Å². The van der Waals surface area contributed by atoms with E-state index < -0.39 is 11.6 Å². The summed E-state index contributed by atoms with van der Waals surface area (Å²) in [6.07, 6.45) is 0.495. The first-order valence-corrected chi connectivity index (χ1v) is 7.23. The number of aromatic nitrogens is 2. The molecule has 0 saturated heterocycles. The number of likely N-dealkylation sites (N-methyl/N-ethyl adjacent to an activating group) is 1. The lowest BCUT2D eigenvalue weighted by Gasteiger charge is -2.16. The van der Waals surface area contributed by atoms with Gasteiger partial charge in [-0.05, 0) is 48.6 Å². The van der Waals surface area contributed by atoms with Gasteiger partial charge in [0.25, 0.3) is 0 Å². The number of nitrogens with one attached hydrogen (secondary N) is 1. The van der Waals surface area contributed by atoms with Gasteiger partial charge in [-0.1, -0.05) is 18.3 Å². The van der Waals surface area contributed by atoms with Crippen LogP contribution in [0.2, 0.25) is 0 Å². The van der Waals surface area contributed by atoms with Crippen molar-refractivity contribution in [2.75, 3.05) is 7.05 Å². The van der Waals surface area contributed by atoms with Crippen LogP contribution in [0.4, 0.5) is 8.78 Å². The van der Waals surface area contributed by atoms with Gasteiger partial charge in [-0.2, -0.15) is 0 Å². The molecule has 1 aromatic heterocycles. The van der Waals surface area contributed by atoms with Gasteiger partial charge in [0.2, 0.25) is 0 Å². The third-order valence-electron chi connectivity index (χ3n) is 3.11. The second-order valence-electron chi connectivity index (χ2n) is 5.00. The molecule has 1 atom stereocenters. The Morgan fingerprint density at radius 2 is 1.85 bits per heavy atom. The zero-order valence-corrected chi connectivity index (χ0v) is 12.5. The fraction of sp³-hybridized carbons (Fsp3) is 0.429. The van der Waals surface area contributed by atoms with Crippen LogP contribution in [0.15, 0.2) is 18.2 Å². The quantitative estimate of drug-likeness (QED) is 0.918. The molecule has 1 aromatic carbocycles. The van der Waals surface area contributed by atoms with Crippen molar-refractivity contribution in [3.05, 3.63) is 46.0 Å². The second-order valence-corrected chi connectivity index (χ2v) is 5.79. The number of benzene rings is 1. The van der Waals surface area contributed by atoms with E-state index in [-0.39, 0.29) is 12.0 Å². The van der Waals surface area contributed by atoms with Crippen molar-refractivity contribution < 1.29 is 8.78 Å². The van der Waals surface area contributed by atoms with Crippen LogP contribution in [0.3, 0.4) is 0 Å². The molecule has 0 aliphatic carbocycles. The van der Waals surface area contributed by atoms with Gasteiger partial charge < -0.3 is 5.32 Å². The van der Waals surface area contributed by atoms with Crippen molar-refractivity contribution in [1.82, 2.24) is 14.9 Å². The summed E-state index contributed by atoms with van der Waals surface area (Å²) in [5.74, 6) is -0.841. The molecule has 108 valence electrons. The number of hydrogen-bond donors (Lipinski definition) is 1. The Kier molecular flexibility index (Phi) is 4.77. The maximum Gasteiger partial charge on any atom is 0.126 e. The van der Waals surface area contributed by atoms with Crippen LogP contribution in [0.25, 0.3) is 0 Å². The summed E-state index contributed by atoms with van der Waals surface area (Å²) < 4.78 is 30.5. The van der Waals surface area contributed by atoms with Crippen LogP contribution in [0.1, 0.15) is 41.9 Å². The maximum atomic E-state index is 13.2. The lowest BCUT2D eigenvalue weighted by atomic mass is 10.00. The van der Waals surface area contributed by atoms with Crippen LogP contribution in [-0.2, 0) is 6.42 Å². The summed E-state index contributed by atoms with van der Waals surface area (Å²) in [6.45, 7) is 4.10. The first-order chi connectivity index (χ1) is 9.51. The monoisotopic (exact) mass is 297 g/mol. The molecule has 0 aliphatic heterocycles. The first kappa shape index (κ1) is 15.0. The van der Waals surface area contributed by atoms with Gasteiger partial charge in [0, 0.05) is 12.1 Å². The summed E-state index contributed by atoms with van der Waals surface area (Å²) in [5.41, 5.74) is 1.55. The highest BCUT2D eigenvalue weighted by molar-refractivity contribution is 7.05. The Morgan fingerprint density at radius 1 is 1.20 bits per heavy atom. The third-order valence-corrected chi connectivity index (χ3v) is 3.97. The van der Waals surface area contributed by atoms with E-state index in [1.165, 1.54) is 23.7 Å². The van der Waals surface area contributed by atoms with Gasteiger partial charge in [-0.3, -0.25) is 0 Å². The molecule has 1 unspecified atom stereocenters. The maximum absolute atomic E-state index is 13.2. The molecular formula is C14H17F2N3S. The fourth-order valence-electron chi connectivity index (χ4n) is 2.14. The highest BCUT2D eigenvalue weighted by Crippen LogP contribution is 2.28. The van der Waals surface area contributed by atoms with E-state index in [4.69, 9.17) is 0 Å². The minimum Gasteiger partial charge on any atom is -0.312 e. The smallest absolute Gasteiger partial charge is 0.126 e. The van der Waals surface area contributed by atoms with Crippen LogP contribution in [0.5, 0.6) is 0 Å². The van der Waals surface area contributed by atoms with Gasteiger partial charge in [-0.25, -0.2) is 8.78 Å². The molecule has 0 fully saturated rings. The Balaban J connectivity index is 2.26. The topological polar surface area (TPSA) is 37.8 Å². The average Bonchev–Trinajstić information content (AvgIpc) is 2.83. The second kappa shape index (κ2) is 6.37. The largest absolute Gasteiger partial charge is 0.312 e. The molecule has 1 heterocycles. The molecule has 0 bridgehead atoms. The van der Waals surface area contributed by atoms with Crippen LogP contribution < -0.4 is 5.32 Å². The number of rotatable bonds is 5. The highest BCUT2D eigenvalue weighted by atomic mass is 32.1. The highest BCUT2D eigenvalue weighted by Gasteiger charge is 2.20. The molecule has 20 heavy (non-hydrogen) atoms. The van der Waals surface area contributed by atoms with Crippen LogP contribution in [0, 0.1) is 11.6 Å². The Labute approximate surface area is 121 Å². The lowest BCUT2D eigenvalue weighted by molar-refractivity contribution is 0.561. The molecule has 0 saturated carbocycles. The first-order valence-electron chi connectivity index (χ1n) is 6.45. The molecule has 1 N–H and O–H groups in total. The average molecular weight is 297 g/mol. The third kappa shape index (κ3) is 3.37. The molecule has 0 spiro atoms. The minimum absolute atomic E-state index is 0.0476. The van der Waals surface area contributed by atoms with Gasteiger partial charge >= 0.3 is 0 Å². The van der Waals surface area contributed by atoms with Gasteiger partial charge in [0.1, 0.15) is 11.6 Å². The zero-order valence-electron chi connectivity index (χ0n) is 11.7. The van der Waals surface area contributed by atoms with E-state index in [0.29, 0.717) is 12.0 Å². The molecule has 0 aliphatic rings. The minimum atomic E-state index is -0.554. The number of hydrogen-bond acceptors (Lipinski definition) is 4. The van der Waals surface area contributed by atoms with Crippen molar-refractivity contribution in [3.8, 4) is 0 Å². The fourth-order valence-corrected chi connectivity index (χ4v) is 3.05. The van der Waals surface area contributed by atoms with Crippen LogP contribution >= 0.6 is 11.5 Å². The Hall–Kier alpha value is -1.40. The molecule has 0 radical (unpaired) electrons. The zero-order chi connectivity index (χ0) is 14.7. The predicted octanol–water partition coefficient (Wildman–Crippen LogP) is 3.44. The summed E-state index contributed by atoms with van der Waals surface area (Å²) in [7, 11) is 1.82. The Morgan fingerprint density at radius 3 is 2.40 bits per heavy atom. The van der Waals surface area contributed by atoms with Crippen molar-refractivity contribution >= 4 is 11.5 Å². The van der Waals surface area contributed by atoms with E-state index in [0.717, 1.165) is 16.6 Å². The van der Waals surface area contributed by atoms with Gasteiger partial charge in [-0.15, -0.1) is 5.10 Å². The Bertz CT molecular complexity index is 563. The number of halogens is 2. The van der Waals surface area contributed by atoms with E-state index in [9.17, 15) is 8.78 Å². The predicted molar refractivity (Wildman–Crippen MR) is 75.9 cm³/mol. The summed E-state index contributed by atoms with van der Waals surface area (Å²) in [6, 6.07) is 3.55. The van der Waals surface area contributed by atoms with Crippen molar-refractivity contribution in [2.24, 2.45) is 0 Å². The SMILES string of the molecule is CNC(Cc1cc(F)cc(F)c1)c1snnc1C(C)C. The molecule has 3 nitrogen and oxygen atoms in total. The number of nitrogens with zero attached hydrogens (tertiary/aromatic N) is 2. The summed E-state index contributed by atoms with van der Waals surface area (Å²) >= 11 is 1.33. The molecule has 2 rings (SSSR count). The van der Waals surface area contributed by atoms with Crippen molar-refractivity contribution in [3.63, 3.8) is 0 Å². The van der Waals surface area contributed by atoms with E-state index >= 15 is 0 Å². The van der Waals surface area contributed by atoms with Crippen molar-refractivity contribution in [2.45, 2.75) is 32.2 Å². The van der Waals surface area contributed by atoms with E-state index in [2.05, 4.69) is 28.8 Å². The molecule has 6 heteroatoms. The van der Waals surface area contributed by atoms with Gasteiger partial charge in [0.15, 0.2) is 0 Å².